The van der Waals surface area contributed by atoms with Gasteiger partial charge in [-0.15, -0.1) is 0 Å². The van der Waals surface area contributed by atoms with E-state index in [0.29, 0.717) is 12.6 Å². The summed E-state index contributed by atoms with van der Waals surface area (Å²) >= 11 is 0. The number of ether oxygens (including phenoxy) is 1. The van der Waals surface area contributed by atoms with Gasteiger partial charge in [-0.1, -0.05) is 19.3 Å². The summed E-state index contributed by atoms with van der Waals surface area (Å²) in [6.45, 7) is 3.33. The van der Waals surface area contributed by atoms with Gasteiger partial charge in [0.2, 0.25) is 0 Å². The number of hydrogen-bond donors (Lipinski definition) is 1. The smallest absolute Gasteiger partial charge is 0.0903 e. The fourth-order valence-electron chi connectivity index (χ4n) is 2.21. The van der Waals surface area contributed by atoms with Crippen LogP contribution in [0.15, 0.2) is 9.98 Å². The minimum Gasteiger partial charge on any atom is -0.374 e. The maximum atomic E-state index is 5.53. The van der Waals surface area contributed by atoms with Crippen molar-refractivity contribution in [3.05, 3.63) is 0 Å². The van der Waals surface area contributed by atoms with Crippen molar-refractivity contribution in [1.29, 1.82) is 0 Å². The van der Waals surface area contributed by atoms with Crippen molar-refractivity contribution >= 4 is 6.01 Å². The lowest BCUT2D eigenvalue weighted by atomic mass is 9.96. The Labute approximate surface area is 97.2 Å². The van der Waals surface area contributed by atoms with Gasteiger partial charge in [-0.25, -0.2) is 9.98 Å². The van der Waals surface area contributed by atoms with Gasteiger partial charge in [-0.3, -0.25) is 0 Å². The van der Waals surface area contributed by atoms with E-state index in [1.165, 1.54) is 32.1 Å². The molecule has 0 bridgehead atoms. The maximum absolute atomic E-state index is 5.53. The first-order valence-corrected chi connectivity index (χ1v) is 6.39. The maximum Gasteiger partial charge on any atom is 0.0903 e. The van der Waals surface area contributed by atoms with Gasteiger partial charge in [-0.05, 0) is 12.8 Å². The summed E-state index contributed by atoms with van der Waals surface area (Å²) in [5.41, 5.74) is 0. The van der Waals surface area contributed by atoms with Gasteiger partial charge in [0.1, 0.15) is 0 Å². The zero-order valence-electron chi connectivity index (χ0n) is 9.82. The summed E-state index contributed by atoms with van der Waals surface area (Å²) in [4.78, 5) is 8.58. The first-order valence-electron chi connectivity index (χ1n) is 6.39. The van der Waals surface area contributed by atoms with Crippen LogP contribution in [-0.2, 0) is 4.74 Å². The third kappa shape index (κ3) is 4.05. The molecule has 0 radical (unpaired) electrons. The van der Waals surface area contributed by atoms with E-state index in [0.717, 1.165) is 19.7 Å². The summed E-state index contributed by atoms with van der Waals surface area (Å²) in [7, 11) is 0. The van der Waals surface area contributed by atoms with E-state index in [1.807, 2.05) is 0 Å². The summed E-state index contributed by atoms with van der Waals surface area (Å²) in [5, 5.41) is 3.28. The van der Waals surface area contributed by atoms with Crippen LogP contribution in [0.1, 0.15) is 32.1 Å². The van der Waals surface area contributed by atoms with Crippen LogP contribution in [0.5, 0.6) is 0 Å². The van der Waals surface area contributed by atoms with E-state index in [4.69, 9.17) is 4.74 Å². The van der Waals surface area contributed by atoms with Crippen LogP contribution < -0.4 is 5.32 Å². The Bertz CT molecular complexity index is 249. The van der Waals surface area contributed by atoms with E-state index in [9.17, 15) is 0 Å². The highest BCUT2D eigenvalue weighted by Crippen LogP contribution is 2.19. The molecule has 2 fully saturated rings. The molecule has 1 unspecified atom stereocenters. The van der Waals surface area contributed by atoms with Crippen LogP contribution in [-0.4, -0.2) is 44.4 Å². The van der Waals surface area contributed by atoms with Crippen molar-refractivity contribution in [3.63, 3.8) is 0 Å². The zero-order valence-corrected chi connectivity index (χ0v) is 9.82. The molecule has 1 aliphatic carbocycles. The van der Waals surface area contributed by atoms with Crippen LogP contribution >= 0.6 is 0 Å². The topological polar surface area (TPSA) is 46.0 Å². The molecule has 1 saturated heterocycles. The van der Waals surface area contributed by atoms with Crippen molar-refractivity contribution in [2.75, 3.05) is 26.2 Å². The third-order valence-electron chi connectivity index (χ3n) is 3.19. The molecule has 0 amide bonds. The molecular formula is C12H21N3O. The van der Waals surface area contributed by atoms with Crippen LogP contribution in [0, 0.1) is 0 Å². The van der Waals surface area contributed by atoms with E-state index >= 15 is 0 Å². The molecule has 2 aliphatic rings. The van der Waals surface area contributed by atoms with Gasteiger partial charge in [0.05, 0.1) is 31.3 Å². The molecule has 0 spiro atoms. The van der Waals surface area contributed by atoms with E-state index < -0.39 is 0 Å². The molecular weight excluding hydrogens is 202 g/mol. The summed E-state index contributed by atoms with van der Waals surface area (Å²) < 4.78 is 5.53. The van der Waals surface area contributed by atoms with E-state index in [-0.39, 0.29) is 6.10 Å². The van der Waals surface area contributed by atoms with Gasteiger partial charge in [-0.2, -0.15) is 0 Å². The molecule has 1 aliphatic heterocycles. The minimum absolute atomic E-state index is 0.211. The molecule has 90 valence electrons. The second-order valence-corrected chi connectivity index (χ2v) is 4.56. The molecule has 1 N–H and O–H groups in total. The van der Waals surface area contributed by atoms with Crippen molar-refractivity contribution in [2.45, 2.75) is 44.2 Å². The highest BCUT2D eigenvalue weighted by Gasteiger charge is 2.12. The Balaban J connectivity index is 1.68. The Morgan fingerprint density at radius 2 is 2.12 bits per heavy atom. The molecule has 1 saturated carbocycles. The second-order valence-electron chi connectivity index (χ2n) is 4.56. The highest BCUT2D eigenvalue weighted by molar-refractivity contribution is 5.41. The minimum atomic E-state index is 0.211. The molecule has 0 aromatic carbocycles. The molecule has 4 nitrogen and oxygen atoms in total. The van der Waals surface area contributed by atoms with E-state index in [1.54, 1.807) is 0 Å². The lowest BCUT2D eigenvalue weighted by Crippen LogP contribution is -2.40. The third-order valence-corrected chi connectivity index (χ3v) is 3.19. The van der Waals surface area contributed by atoms with E-state index in [2.05, 4.69) is 21.3 Å². The quantitative estimate of drug-likeness (QED) is 0.737. The Morgan fingerprint density at radius 1 is 1.25 bits per heavy atom. The molecule has 1 atom stereocenters. The predicted octanol–water partition coefficient (Wildman–Crippen LogP) is 1.48. The number of nitrogens with zero attached hydrogens (tertiary/aromatic N) is 2. The molecule has 1 heterocycles. The largest absolute Gasteiger partial charge is 0.374 e. The fraction of sp³-hybridized carbons (Fsp3) is 0.917. The average molecular weight is 223 g/mol. The van der Waals surface area contributed by atoms with Gasteiger partial charge in [0, 0.05) is 13.1 Å². The van der Waals surface area contributed by atoms with Crippen molar-refractivity contribution < 1.29 is 4.74 Å². The summed E-state index contributed by atoms with van der Waals surface area (Å²) in [6, 6.07) is 3.32. The monoisotopic (exact) mass is 223 g/mol. The Hall–Kier alpha value is -0.700. The van der Waals surface area contributed by atoms with Gasteiger partial charge in [0.15, 0.2) is 0 Å². The second kappa shape index (κ2) is 6.79. The van der Waals surface area contributed by atoms with Crippen LogP contribution in [0.4, 0.5) is 0 Å². The standard InChI is InChI=1S/C12H21N3O/c1-2-4-11(5-3-1)15-10-14-9-12-8-13-6-7-16-12/h11-13H,1-9H2. The van der Waals surface area contributed by atoms with Crippen molar-refractivity contribution in [2.24, 2.45) is 9.98 Å². The first kappa shape index (κ1) is 11.8. The van der Waals surface area contributed by atoms with Crippen LogP contribution in [0.3, 0.4) is 0 Å². The number of hydrogen-bond acceptors (Lipinski definition) is 4. The number of rotatable bonds is 3. The normalized spacial score (nSPS) is 27.1. The molecule has 16 heavy (non-hydrogen) atoms. The van der Waals surface area contributed by atoms with Gasteiger partial charge < -0.3 is 10.1 Å². The summed E-state index contributed by atoms with van der Waals surface area (Å²) in [6.07, 6.45) is 6.62. The van der Waals surface area contributed by atoms with Gasteiger partial charge in [0.25, 0.3) is 0 Å². The molecule has 4 heteroatoms. The van der Waals surface area contributed by atoms with Crippen molar-refractivity contribution in [1.82, 2.24) is 5.32 Å². The zero-order chi connectivity index (χ0) is 11.1. The average Bonchev–Trinajstić information content (AvgIpc) is 2.37. The Kier molecular flexibility index (Phi) is 5.00. The first-order chi connectivity index (χ1) is 7.95. The fourth-order valence-corrected chi connectivity index (χ4v) is 2.21. The predicted molar refractivity (Wildman–Crippen MR) is 64.2 cm³/mol. The number of nitrogens with one attached hydrogen (secondary N) is 1. The number of aliphatic imine (C=N–C) groups is 2. The lowest BCUT2D eigenvalue weighted by molar-refractivity contribution is 0.0350. The highest BCUT2D eigenvalue weighted by atomic mass is 16.5. The van der Waals surface area contributed by atoms with Crippen LogP contribution in [0.2, 0.25) is 0 Å². The SMILES string of the molecule is C(=NCC1CNCCO1)=NC1CCCCC1. The summed E-state index contributed by atoms with van der Waals surface area (Å²) in [5.74, 6) is 0. The number of morpholine rings is 1. The molecule has 0 aromatic heterocycles. The lowest BCUT2D eigenvalue weighted by Gasteiger charge is -2.21. The molecule has 2 rings (SSSR count). The van der Waals surface area contributed by atoms with Crippen LogP contribution in [0.25, 0.3) is 0 Å². The van der Waals surface area contributed by atoms with Gasteiger partial charge >= 0.3 is 0 Å². The molecule has 0 aromatic rings. The Morgan fingerprint density at radius 3 is 2.88 bits per heavy atom. The van der Waals surface area contributed by atoms with Crippen molar-refractivity contribution in [3.8, 4) is 0 Å².